The molecule has 0 atom stereocenters. The van der Waals surface area contributed by atoms with Crippen molar-refractivity contribution in [3.63, 3.8) is 0 Å². The van der Waals surface area contributed by atoms with E-state index in [0.29, 0.717) is 18.4 Å². The maximum atomic E-state index is 12.2. The van der Waals surface area contributed by atoms with Crippen LogP contribution in [0.4, 0.5) is 0 Å². The Labute approximate surface area is 123 Å². The molecule has 0 amide bonds. The predicted octanol–water partition coefficient (Wildman–Crippen LogP) is 1.24. The summed E-state index contributed by atoms with van der Waals surface area (Å²) in [6.45, 7) is 0. The largest absolute Gasteiger partial charge is 0.478 e. The number of carbonyl (C=O) groups is 1. The van der Waals surface area contributed by atoms with Crippen LogP contribution in [0.2, 0.25) is 0 Å². The molecule has 0 saturated heterocycles. The van der Waals surface area contributed by atoms with Crippen LogP contribution in [0.3, 0.4) is 0 Å². The molecule has 0 aromatic heterocycles. The maximum Gasteiger partial charge on any atom is 0.328 e. The number of rotatable bonds is 6. The van der Waals surface area contributed by atoms with E-state index in [4.69, 9.17) is 9.84 Å². The third kappa shape index (κ3) is 4.13. The number of nitrogens with one attached hydrogen (secondary N) is 1. The number of carboxylic acid groups (broad SMARTS) is 1. The van der Waals surface area contributed by atoms with Gasteiger partial charge in [0.25, 0.3) is 0 Å². The van der Waals surface area contributed by atoms with Gasteiger partial charge in [-0.3, -0.25) is 0 Å². The molecule has 21 heavy (non-hydrogen) atoms. The van der Waals surface area contributed by atoms with Gasteiger partial charge in [-0.1, -0.05) is 12.1 Å². The van der Waals surface area contributed by atoms with Crippen molar-refractivity contribution in [3.05, 3.63) is 35.9 Å². The third-order valence-corrected chi connectivity index (χ3v) is 4.85. The summed E-state index contributed by atoms with van der Waals surface area (Å²) in [6.07, 6.45) is 3.75. The number of ether oxygens (including phenoxy) is 1. The van der Waals surface area contributed by atoms with Crippen LogP contribution in [0.1, 0.15) is 18.4 Å². The molecule has 1 aliphatic carbocycles. The molecule has 0 unspecified atom stereocenters. The average Bonchev–Trinajstić information content (AvgIpc) is 2.40. The zero-order chi connectivity index (χ0) is 15.5. The summed E-state index contributed by atoms with van der Waals surface area (Å²) in [4.78, 5) is 10.6. The van der Waals surface area contributed by atoms with Crippen molar-refractivity contribution in [2.24, 2.45) is 0 Å². The molecule has 114 valence electrons. The lowest BCUT2D eigenvalue weighted by atomic mass is 9.90. The van der Waals surface area contributed by atoms with Crippen LogP contribution in [-0.4, -0.2) is 38.7 Å². The van der Waals surface area contributed by atoms with E-state index in [0.717, 1.165) is 6.08 Å². The van der Waals surface area contributed by atoms with Crippen molar-refractivity contribution < 1.29 is 23.1 Å². The van der Waals surface area contributed by atoms with Gasteiger partial charge in [0.2, 0.25) is 10.0 Å². The van der Waals surface area contributed by atoms with Crippen LogP contribution in [0.15, 0.2) is 35.2 Å². The second-order valence-electron chi connectivity index (χ2n) is 4.89. The Morgan fingerprint density at radius 2 is 2.14 bits per heavy atom. The minimum atomic E-state index is -3.60. The lowest BCUT2D eigenvalue weighted by Crippen LogP contribution is -2.47. The fourth-order valence-electron chi connectivity index (χ4n) is 2.09. The van der Waals surface area contributed by atoms with Gasteiger partial charge in [-0.25, -0.2) is 17.9 Å². The number of carboxylic acids is 1. The maximum absolute atomic E-state index is 12.2. The minimum absolute atomic E-state index is 0.113. The van der Waals surface area contributed by atoms with E-state index in [1.54, 1.807) is 19.2 Å². The lowest BCUT2D eigenvalue weighted by molar-refractivity contribution is -0.131. The molecular weight excluding hydrogens is 294 g/mol. The van der Waals surface area contributed by atoms with Gasteiger partial charge < -0.3 is 9.84 Å². The molecule has 0 spiro atoms. The Morgan fingerprint density at radius 3 is 2.76 bits per heavy atom. The normalized spacial score (nSPS) is 22.1. The Bertz CT molecular complexity index is 647. The van der Waals surface area contributed by atoms with Crippen molar-refractivity contribution in [1.29, 1.82) is 0 Å². The summed E-state index contributed by atoms with van der Waals surface area (Å²) in [5, 5.41) is 8.58. The van der Waals surface area contributed by atoms with Gasteiger partial charge in [0.05, 0.1) is 11.0 Å². The molecule has 0 radical (unpaired) electrons. The number of hydrogen-bond donors (Lipinski definition) is 2. The van der Waals surface area contributed by atoms with Crippen molar-refractivity contribution in [1.82, 2.24) is 4.72 Å². The molecule has 2 rings (SSSR count). The van der Waals surface area contributed by atoms with Gasteiger partial charge in [0, 0.05) is 19.2 Å². The fraction of sp³-hybridized carbons (Fsp3) is 0.357. The standard InChI is InChI=1S/C14H17NO5S/c1-20-12-8-11(9-12)15-21(18,19)13-4-2-3-10(7-13)5-6-14(16)17/h2-7,11-12,15H,8-9H2,1H3,(H,16,17)/b6-5+. The van der Waals surface area contributed by atoms with Crippen molar-refractivity contribution in [2.45, 2.75) is 29.9 Å². The highest BCUT2D eigenvalue weighted by Crippen LogP contribution is 2.24. The van der Waals surface area contributed by atoms with E-state index in [2.05, 4.69) is 4.72 Å². The van der Waals surface area contributed by atoms with Gasteiger partial charge in [0.1, 0.15) is 0 Å². The lowest BCUT2D eigenvalue weighted by Gasteiger charge is -2.34. The smallest absolute Gasteiger partial charge is 0.328 e. The van der Waals surface area contributed by atoms with Gasteiger partial charge in [-0.2, -0.15) is 0 Å². The minimum Gasteiger partial charge on any atom is -0.478 e. The average molecular weight is 311 g/mol. The molecule has 1 aromatic carbocycles. The first kappa shape index (κ1) is 15.7. The molecule has 7 heteroatoms. The molecule has 1 aromatic rings. The molecule has 6 nitrogen and oxygen atoms in total. The summed E-state index contributed by atoms with van der Waals surface area (Å²) in [6, 6.07) is 6.02. The van der Waals surface area contributed by atoms with Gasteiger partial charge in [-0.15, -0.1) is 0 Å². The molecule has 1 aliphatic rings. The Balaban J connectivity index is 2.09. The first-order valence-corrected chi connectivity index (χ1v) is 7.95. The van der Waals surface area contributed by atoms with Gasteiger partial charge in [-0.05, 0) is 36.6 Å². The van der Waals surface area contributed by atoms with E-state index in [1.165, 1.54) is 18.2 Å². The second-order valence-corrected chi connectivity index (χ2v) is 6.61. The van der Waals surface area contributed by atoms with Crippen LogP contribution in [0.5, 0.6) is 0 Å². The summed E-state index contributed by atoms with van der Waals surface area (Å²) in [7, 11) is -2.00. The van der Waals surface area contributed by atoms with Crippen molar-refractivity contribution >= 4 is 22.1 Å². The van der Waals surface area contributed by atoms with E-state index in [9.17, 15) is 13.2 Å². The SMILES string of the molecule is COC1CC(NS(=O)(=O)c2cccc(/C=C/C(=O)O)c2)C1. The molecule has 0 bridgehead atoms. The first-order valence-electron chi connectivity index (χ1n) is 6.47. The zero-order valence-electron chi connectivity index (χ0n) is 11.5. The number of methoxy groups -OCH3 is 1. The number of benzene rings is 1. The monoisotopic (exact) mass is 311 g/mol. The van der Waals surface area contributed by atoms with Gasteiger partial charge in [0.15, 0.2) is 0 Å². The van der Waals surface area contributed by atoms with Crippen molar-refractivity contribution in [2.75, 3.05) is 7.11 Å². The van der Waals surface area contributed by atoms with E-state index in [1.807, 2.05) is 0 Å². The van der Waals surface area contributed by atoms with Crippen LogP contribution < -0.4 is 4.72 Å². The van der Waals surface area contributed by atoms with Crippen LogP contribution >= 0.6 is 0 Å². The van der Waals surface area contributed by atoms with E-state index in [-0.39, 0.29) is 17.0 Å². The Hall–Kier alpha value is -1.70. The summed E-state index contributed by atoms with van der Waals surface area (Å²) < 4.78 is 32.2. The number of hydrogen-bond acceptors (Lipinski definition) is 4. The topological polar surface area (TPSA) is 92.7 Å². The Morgan fingerprint density at radius 1 is 1.43 bits per heavy atom. The molecule has 2 N–H and O–H groups in total. The van der Waals surface area contributed by atoms with Gasteiger partial charge >= 0.3 is 5.97 Å². The van der Waals surface area contributed by atoms with Crippen molar-refractivity contribution in [3.8, 4) is 0 Å². The molecule has 1 saturated carbocycles. The second kappa shape index (κ2) is 6.38. The predicted molar refractivity (Wildman–Crippen MR) is 77.3 cm³/mol. The van der Waals surface area contributed by atoms with Crippen LogP contribution in [0, 0.1) is 0 Å². The highest BCUT2D eigenvalue weighted by atomic mass is 32.2. The van der Waals surface area contributed by atoms with Crippen LogP contribution in [-0.2, 0) is 19.6 Å². The number of sulfonamides is 1. The fourth-order valence-corrected chi connectivity index (χ4v) is 3.41. The summed E-state index contributed by atoms with van der Waals surface area (Å²) >= 11 is 0. The first-order chi connectivity index (χ1) is 9.90. The third-order valence-electron chi connectivity index (χ3n) is 3.34. The number of aliphatic carboxylic acids is 1. The zero-order valence-corrected chi connectivity index (χ0v) is 12.3. The molecule has 1 fully saturated rings. The quantitative estimate of drug-likeness (QED) is 0.771. The molecule has 0 aliphatic heterocycles. The summed E-state index contributed by atoms with van der Waals surface area (Å²) in [5.41, 5.74) is 0.517. The summed E-state index contributed by atoms with van der Waals surface area (Å²) in [5.74, 6) is -1.08. The van der Waals surface area contributed by atoms with Crippen LogP contribution in [0.25, 0.3) is 6.08 Å². The van der Waals surface area contributed by atoms with E-state index < -0.39 is 16.0 Å². The highest BCUT2D eigenvalue weighted by molar-refractivity contribution is 7.89. The Kier molecular flexibility index (Phi) is 4.76. The molecule has 0 heterocycles. The highest BCUT2D eigenvalue weighted by Gasteiger charge is 2.32. The molecular formula is C14H17NO5S. The van der Waals surface area contributed by atoms with E-state index >= 15 is 0 Å².